The Labute approximate surface area is 149 Å². The van der Waals surface area contributed by atoms with Crippen LogP contribution < -0.4 is 5.76 Å². The molecule has 0 unspecified atom stereocenters. The Morgan fingerprint density at radius 2 is 1.96 bits per heavy atom. The molecule has 2 aromatic heterocycles. The van der Waals surface area contributed by atoms with Gasteiger partial charge in [0.05, 0.1) is 4.88 Å². The first-order valence-corrected chi connectivity index (χ1v) is 8.88. The summed E-state index contributed by atoms with van der Waals surface area (Å²) in [5.41, 5.74) is 2.30. The van der Waals surface area contributed by atoms with Gasteiger partial charge in [-0.25, -0.2) is 4.79 Å². The number of carbonyl (C=O) groups is 1. The van der Waals surface area contributed by atoms with Crippen LogP contribution in [0.15, 0.2) is 51.0 Å². The largest absolute Gasteiger partial charge is 0.437 e. The second-order valence-electron chi connectivity index (χ2n) is 5.73. The summed E-state index contributed by atoms with van der Waals surface area (Å²) in [6.45, 7) is 2.44. The van der Waals surface area contributed by atoms with E-state index in [1.54, 1.807) is 11.9 Å². The van der Waals surface area contributed by atoms with Crippen molar-refractivity contribution < 1.29 is 9.21 Å². The highest BCUT2D eigenvalue weighted by molar-refractivity contribution is 7.13. The van der Waals surface area contributed by atoms with Gasteiger partial charge in [-0.2, -0.15) is 4.68 Å². The van der Waals surface area contributed by atoms with Gasteiger partial charge in [-0.05, 0) is 29.0 Å². The van der Waals surface area contributed by atoms with Crippen molar-refractivity contribution in [2.75, 3.05) is 7.05 Å². The number of benzene rings is 1. The number of thiophene rings is 1. The monoisotopic (exact) mass is 357 g/mol. The summed E-state index contributed by atoms with van der Waals surface area (Å²) in [4.78, 5) is 26.6. The van der Waals surface area contributed by atoms with E-state index in [1.807, 2.05) is 29.6 Å². The minimum Gasteiger partial charge on any atom is -0.387 e. The molecule has 0 spiro atoms. The van der Waals surface area contributed by atoms with Crippen LogP contribution in [0, 0.1) is 0 Å². The first-order valence-electron chi connectivity index (χ1n) is 8.00. The molecule has 0 saturated heterocycles. The number of nitrogens with zero attached hydrogens (tertiary/aromatic N) is 3. The van der Waals surface area contributed by atoms with Crippen LogP contribution in [-0.4, -0.2) is 27.6 Å². The second-order valence-corrected chi connectivity index (χ2v) is 6.68. The molecule has 1 amide bonds. The highest BCUT2D eigenvalue weighted by Crippen LogP contribution is 2.21. The van der Waals surface area contributed by atoms with Gasteiger partial charge in [-0.1, -0.05) is 37.3 Å². The third-order valence-corrected chi connectivity index (χ3v) is 4.76. The molecule has 6 nitrogen and oxygen atoms in total. The summed E-state index contributed by atoms with van der Waals surface area (Å²) in [6, 6.07) is 11.8. The molecule has 3 rings (SSSR count). The lowest BCUT2D eigenvalue weighted by atomic mass is 10.1. The number of aryl methyl sites for hydroxylation is 1. The number of aromatic nitrogens is 2. The standard InChI is InChI=1S/C18H19N3O3S/c1-3-13-6-8-14(9-7-13)11-20(2)16(22)12-21-18(23)24-17(19-21)15-5-4-10-25-15/h4-10H,3,11-12H2,1-2H3. The normalized spacial score (nSPS) is 10.8. The minimum atomic E-state index is -0.627. The smallest absolute Gasteiger partial charge is 0.387 e. The summed E-state index contributed by atoms with van der Waals surface area (Å²) in [7, 11) is 1.71. The Bertz CT molecular complexity index is 895. The third-order valence-electron chi connectivity index (χ3n) is 3.90. The lowest BCUT2D eigenvalue weighted by molar-refractivity contribution is -0.131. The molecule has 0 aliphatic heterocycles. The topological polar surface area (TPSA) is 68.3 Å². The fraction of sp³-hybridized carbons (Fsp3) is 0.278. The van der Waals surface area contributed by atoms with Crippen LogP contribution in [0.3, 0.4) is 0 Å². The lowest BCUT2D eigenvalue weighted by Crippen LogP contribution is -2.33. The molecule has 1 aromatic carbocycles. The van der Waals surface area contributed by atoms with Crippen molar-refractivity contribution in [1.29, 1.82) is 0 Å². The van der Waals surface area contributed by atoms with Crippen molar-refractivity contribution in [2.45, 2.75) is 26.4 Å². The van der Waals surface area contributed by atoms with Crippen LogP contribution in [0.5, 0.6) is 0 Å². The van der Waals surface area contributed by atoms with E-state index < -0.39 is 5.76 Å². The average Bonchev–Trinajstić information content (AvgIpc) is 3.26. The Balaban J connectivity index is 1.66. The molecule has 0 radical (unpaired) electrons. The highest BCUT2D eigenvalue weighted by atomic mass is 32.1. The molecular formula is C18H19N3O3S. The Hall–Kier alpha value is -2.67. The maximum atomic E-state index is 12.4. The average molecular weight is 357 g/mol. The van der Waals surface area contributed by atoms with Crippen LogP contribution in [0.2, 0.25) is 0 Å². The fourth-order valence-corrected chi connectivity index (χ4v) is 3.04. The Morgan fingerprint density at radius 1 is 1.24 bits per heavy atom. The minimum absolute atomic E-state index is 0.142. The Kier molecular flexibility index (Phi) is 5.14. The summed E-state index contributed by atoms with van der Waals surface area (Å²) >= 11 is 1.42. The van der Waals surface area contributed by atoms with Crippen LogP contribution in [-0.2, 0) is 24.3 Å². The number of amides is 1. The zero-order valence-corrected chi connectivity index (χ0v) is 15.0. The molecule has 130 valence electrons. The predicted molar refractivity (Wildman–Crippen MR) is 96.4 cm³/mol. The highest BCUT2D eigenvalue weighted by Gasteiger charge is 2.16. The van der Waals surface area contributed by atoms with Crippen LogP contribution >= 0.6 is 11.3 Å². The van der Waals surface area contributed by atoms with E-state index in [4.69, 9.17) is 4.42 Å². The number of rotatable bonds is 6. The molecule has 0 aliphatic rings. The molecule has 0 aliphatic carbocycles. The number of carbonyl (C=O) groups excluding carboxylic acids is 1. The van der Waals surface area contributed by atoms with Crippen molar-refractivity contribution in [3.05, 3.63) is 63.5 Å². The van der Waals surface area contributed by atoms with Gasteiger partial charge in [0.2, 0.25) is 5.91 Å². The zero-order valence-electron chi connectivity index (χ0n) is 14.1. The van der Waals surface area contributed by atoms with Crippen molar-refractivity contribution in [3.8, 4) is 10.8 Å². The van der Waals surface area contributed by atoms with Gasteiger partial charge in [0.1, 0.15) is 6.54 Å². The van der Waals surface area contributed by atoms with E-state index in [1.165, 1.54) is 16.9 Å². The molecule has 2 heterocycles. The third kappa shape index (κ3) is 4.06. The summed E-state index contributed by atoms with van der Waals surface area (Å²) in [5, 5.41) is 5.98. The quantitative estimate of drug-likeness (QED) is 0.680. The fourth-order valence-electron chi connectivity index (χ4n) is 2.40. The number of hydrogen-bond acceptors (Lipinski definition) is 5. The summed E-state index contributed by atoms with van der Waals surface area (Å²) in [6.07, 6.45) is 0.983. The van der Waals surface area contributed by atoms with E-state index in [9.17, 15) is 9.59 Å². The number of hydrogen-bond donors (Lipinski definition) is 0. The van der Waals surface area contributed by atoms with Crippen LogP contribution in [0.4, 0.5) is 0 Å². The molecule has 3 aromatic rings. The Morgan fingerprint density at radius 3 is 2.60 bits per heavy atom. The molecule has 0 atom stereocenters. The van der Waals surface area contributed by atoms with Crippen molar-refractivity contribution in [2.24, 2.45) is 0 Å². The van der Waals surface area contributed by atoms with Gasteiger partial charge in [0.15, 0.2) is 0 Å². The first-order chi connectivity index (χ1) is 12.1. The van der Waals surface area contributed by atoms with Crippen molar-refractivity contribution in [1.82, 2.24) is 14.7 Å². The summed E-state index contributed by atoms with van der Waals surface area (Å²) in [5.74, 6) is -0.587. The number of likely N-dealkylation sites (N-methyl/N-ethyl adjacent to an activating group) is 1. The summed E-state index contributed by atoms with van der Waals surface area (Å²) < 4.78 is 6.18. The predicted octanol–water partition coefficient (Wildman–Crippen LogP) is 2.79. The van der Waals surface area contributed by atoms with E-state index in [-0.39, 0.29) is 18.3 Å². The molecule has 7 heteroatoms. The molecule has 0 fully saturated rings. The van der Waals surface area contributed by atoms with Crippen molar-refractivity contribution >= 4 is 17.2 Å². The maximum Gasteiger partial charge on any atom is 0.437 e. The SMILES string of the molecule is CCc1ccc(CN(C)C(=O)Cn2nc(-c3cccs3)oc2=O)cc1. The van der Waals surface area contributed by atoms with Gasteiger partial charge in [0.25, 0.3) is 5.89 Å². The molecular weight excluding hydrogens is 338 g/mol. The molecule has 25 heavy (non-hydrogen) atoms. The zero-order chi connectivity index (χ0) is 17.8. The van der Waals surface area contributed by atoms with Gasteiger partial charge in [-0.3, -0.25) is 4.79 Å². The molecule has 0 bridgehead atoms. The van der Waals surface area contributed by atoms with Gasteiger partial charge < -0.3 is 9.32 Å². The molecule has 0 N–H and O–H groups in total. The van der Waals surface area contributed by atoms with E-state index >= 15 is 0 Å². The second kappa shape index (κ2) is 7.48. The van der Waals surface area contributed by atoms with E-state index in [2.05, 4.69) is 24.2 Å². The van der Waals surface area contributed by atoms with Gasteiger partial charge in [-0.15, -0.1) is 16.4 Å². The van der Waals surface area contributed by atoms with Gasteiger partial charge in [0, 0.05) is 13.6 Å². The van der Waals surface area contributed by atoms with Crippen LogP contribution in [0.25, 0.3) is 10.8 Å². The van der Waals surface area contributed by atoms with Crippen molar-refractivity contribution in [3.63, 3.8) is 0 Å². The van der Waals surface area contributed by atoms with Crippen LogP contribution in [0.1, 0.15) is 18.1 Å². The maximum absolute atomic E-state index is 12.4. The first kappa shape index (κ1) is 17.2. The van der Waals surface area contributed by atoms with E-state index in [0.29, 0.717) is 6.54 Å². The lowest BCUT2D eigenvalue weighted by Gasteiger charge is -2.17. The molecule has 0 saturated carbocycles. The van der Waals surface area contributed by atoms with E-state index in [0.717, 1.165) is 21.5 Å². The van der Waals surface area contributed by atoms with Gasteiger partial charge >= 0.3 is 5.76 Å².